The first-order valence-electron chi connectivity index (χ1n) is 9.60. The second-order valence-electron chi connectivity index (χ2n) is 7.27. The molecule has 0 aromatic carbocycles. The van der Waals surface area contributed by atoms with E-state index in [4.69, 9.17) is 9.15 Å². The highest BCUT2D eigenvalue weighted by Crippen LogP contribution is 2.29. The summed E-state index contributed by atoms with van der Waals surface area (Å²) in [5.74, 6) is 1.38. The lowest BCUT2D eigenvalue weighted by molar-refractivity contribution is -0.906. The monoisotopic (exact) mass is 364 g/mol. The van der Waals surface area contributed by atoms with Crippen molar-refractivity contribution < 1.29 is 23.6 Å². The number of morpholine rings is 1. The largest absolute Gasteiger partial charge is 0.466 e. The smallest absolute Gasteiger partial charge is 0.257 e. The number of carbonyl (C=O) groups excluding carboxylic acids is 2. The predicted octanol–water partition coefficient (Wildman–Crippen LogP) is -0.0776. The van der Waals surface area contributed by atoms with E-state index in [0.717, 1.165) is 51.4 Å². The molecule has 7 heteroatoms. The summed E-state index contributed by atoms with van der Waals surface area (Å²) in [5, 5.41) is 2.98. The molecule has 1 aromatic heterocycles. The molecule has 1 saturated heterocycles. The number of nitrogens with zero attached hydrogens (tertiary/aromatic N) is 1. The van der Waals surface area contributed by atoms with E-state index in [-0.39, 0.29) is 17.9 Å². The van der Waals surface area contributed by atoms with Crippen LogP contribution in [-0.4, -0.2) is 68.7 Å². The molecule has 7 nitrogen and oxygen atoms in total. The van der Waals surface area contributed by atoms with Crippen LogP contribution in [0.25, 0.3) is 0 Å². The fourth-order valence-electron chi connectivity index (χ4n) is 3.43. The molecule has 3 rings (SSSR count). The van der Waals surface area contributed by atoms with Crippen LogP contribution in [0.1, 0.15) is 41.1 Å². The van der Waals surface area contributed by atoms with Gasteiger partial charge in [0.1, 0.15) is 24.6 Å². The van der Waals surface area contributed by atoms with Crippen molar-refractivity contribution in [1.29, 1.82) is 0 Å². The highest BCUT2D eigenvalue weighted by atomic mass is 16.5. The number of hydrogen-bond donors (Lipinski definition) is 2. The van der Waals surface area contributed by atoms with Gasteiger partial charge in [-0.15, -0.1) is 0 Å². The van der Waals surface area contributed by atoms with Crippen LogP contribution in [0.2, 0.25) is 0 Å². The zero-order valence-electron chi connectivity index (χ0n) is 15.8. The van der Waals surface area contributed by atoms with Gasteiger partial charge in [-0.3, -0.25) is 9.59 Å². The second kappa shape index (κ2) is 8.68. The lowest BCUT2D eigenvalue weighted by Crippen LogP contribution is -3.14. The van der Waals surface area contributed by atoms with E-state index in [2.05, 4.69) is 5.32 Å². The van der Waals surface area contributed by atoms with Crippen LogP contribution in [-0.2, 0) is 9.53 Å². The van der Waals surface area contributed by atoms with Gasteiger partial charge >= 0.3 is 0 Å². The number of carbonyl (C=O) groups is 2. The Kier molecular flexibility index (Phi) is 6.32. The molecule has 1 aliphatic carbocycles. The Morgan fingerprint density at radius 3 is 2.62 bits per heavy atom. The molecule has 0 bridgehead atoms. The summed E-state index contributed by atoms with van der Waals surface area (Å²) in [7, 11) is 0. The number of amides is 2. The molecule has 2 amide bonds. The van der Waals surface area contributed by atoms with Crippen LogP contribution in [0.15, 0.2) is 10.5 Å². The van der Waals surface area contributed by atoms with E-state index in [9.17, 15) is 9.59 Å². The summed E-state index contributed by atoms with van der Waals surface area (Å²) in [6.07, 6.45) is 2.38. The lowest BCUT2D eigenvalue weighted by Gasteiger charge is -2.24. The van der Waals surface area contributed by atoms with E-state index in [1.807, 2.05) is 18.7 Å². The Morgan fingerprint density at radius 1 is 1.27 bits per heavy atom. The molecule has 0 unspecified atom stereocenters. The molecule has 2 fully saturated rings. The third kappa shape index (κ3) is 5.08. The van der Waals surface area contributed by atoms with Crippen molar-refractivity contribution in [1.82, 2.24) is 10.2 Å². The Bertz CT molecular complexity index is 633. The first kappa shape index (κ1) is 18.9. The summed E-state index contributed by atoms with van der Waals surface area (Å²) in [4.78, 5) is 28.3. The maximum absolute atomic E-state index is 12.8. The highest BCUT2D eigenvalue weighted by molar-refractivity contribution is 5.96. The quantitative estimate of drug-likeness (QED) is 0.677. The number of aryl methyl sites for hydroxylation is 2. The molecule has 0 radical (unpaired) electrons. The Morgan fingerprint density at radius 2 is 2.00 bits per heavy atom. The molecule has 1 aliphatic heterocycles. The van der Waals surface area contributed by atoms with Crippen LogP contribution in [0.4, 0.5) is 0 Å². The van der Waals surface area contributed by atoms with E-state index in [1.54, 1.807) is 6.07 Å². The number of ether oxygens (including phenoxy) is 1. The average Bonchev–Trinajstić information content (AvgIpc) is 3.40. The van der Waals surface area contributed by atoms with Crippen LogP contribution in [0, 0.1) is 13.8 Å². The van der Waals surface area contributed by atoms with Gasteiger partial charge in [0.05, 0.1) is 31.9 Å². The van der Waals surface area contributed by atoms with Crippen molar-refractivity contribution in [3.63, 3.8) is 0 Å². The minimum Gasteiger partial charge on any atom is -0.466 e. The van der Waals surface area contributed by atoms with Crippen LogP contribution >= 0.6 is 0 Å². The summed E-state index contributed by atoms with van der Waals surface area (Å²) in [6.45, 7) is 9.32. The Hall–Kier alpha value is -1.86. The predicted molar refractivity (Wildman–Crippen MR) is 96.2 cm³/mol. The van der Waals surface area contributed by atoms with Crippen LogP contribution in [0.5, 0.6) is 0 Å². The topological polar surface area (TPSA) is 76.2 Å². The molecular weight excluding hydrogens is 334 g/mol. The SMILES string of the molecule is Cc1cc(C(=O)N(CCC(=O)NCC[NH+]2CCOCC2)C2CC2)c(C)o1. The molecule has 0 spiro atoms. The second-order valence-corrected chi connectivity index (χ2v) is 7.27. The standard InChI is InChI=1S/C19H29N3O4/c1-14-13-17(15(2)26-14)19(24)22(16-3-4-16)7-5-18(23)20-6-8-21-9-11-25-12-10-21/h13,16H,3-12H2,1-2H3,(H,20,23)/p+1. The van der Waals surface area contributed by atoms with Crippen molar-refractivity contribution in [2.75, 3.05) is 45.9 Å². The maximum atomic E-state index is 12.8. The van der Waals surface area contributed by atoms with E-state index >= 15 is 0 Å². The van der Waals surface area contributed by atoms with Gasteiger partial charge in [0.25, 0.3) is 5.91 Å². The summed E-state index contributed by atoms with van der Waals surface area (Å²) in [6, 6.07) is 2.06. The molecule has 2 aliphatic rings. The minimum absolute atomic E-state index is 0.0104. The first-order valence-corrected chi connectivity index (χ1v) is 9.60. The van der Waals surface area contributed by atoms with Gasteiger partial charge < -0.3 is 24.3 Å². The lowest BCUT2D eigenvalue weighted by atomic mass is 10.2. The number of furan rings is 1. The van der Waals surface area contributed by atoms with Crippen LogP contribution < -0.4 is 10.2 Å². The third-order valence-electron chi connectivity index (χ3n) is 5.10. The number of hydrogen-bond acceptors (Lipinski definition) is 4. The van der Waals surface area contributed by atoms with Gasteiger partial charge in [-0.05, 0) is 32.8 Å². The van der Waals surface area contributed by atoms with Crippen molar-refractivity contribution in [3.05, 3.63) is 23.2 Å². The van der Waals surface area contributed by atoms with Crippen LogP contribution in [0.3, 0.4) is 0 Å². The summed E-state index contributed by atoms with van der Waals surface area (Å²) < 4.78 is 10.8. The molecule has 0 atom stereocenters. The van der Waals surface area contributed by atoms with Gasteiger partial charge in [-0.25, -0.2) is 0 Å². The zero-order chi connectivity index (χ0) is 18.5. The van der Waals surface area contributed by atoms with Gasteiger partial charge in [0.2, 0.25) is 5.91 Å². The molecule has 26 heavy (non-hydrogen) atoms. The number of nitrogens with one attached hydrogen (secondary N) is 2. The van der Waals surface area contributed by atoms with Crippen molar-refractivity contribution in [2.45, 2.75) is 39.2 Å². The molecule has 1 saturated carbocycles. The minimum atomic E-state index is -0.0209. The van der Waals surface area contributed by atoms with Crippen molar-refractivity contribution in [3.8, 4) is 0 Å². The van der Waals surface area contributed by atoms with Crippen molar-refractivity contribution >= 4 is 11.8 Å². The summed E-state index contributed by atoms with van der Waals surface area (Å²) >= 11 is 0. The summed E-state index contributed by atoms with van der Waals surface area (Å²) in [5.41, 5.74) is 0.616. The third-order valence-corrected chi connectivity index (χ3v) is 5.10. The molecule has 144 valence electrons. The highest BCUT2D eigenvalue weighted by Gasteiger charge is 2.34. The van der Waals surface area contributed by atoms with E-state index in [1.165, 1.54) is 4.90 Å². The first-order chi connectivity index (χ1) is 12.5. The number of quaternary nitrogens is 1. The van der Waals surface area contributed by atoms with Crippen molar-refractivity contribution in [2.24, 2.45) is 0 Å². The average molecular weight is 364 g/mol. The fourth-order valence-corrected chi connectivity index (χ4v) is 3.43. The van der Waals surface area contributed by atoms with E-state index in [0.29, 0.717) is 30.8 Å². The molecule has 2 N–H and O–H groups in total. The molecule has 1 aromatic rings. The van der Waals surface area contributed by atoms with Gasteiger partial charge in [-0.1, -0.05) is 0 Å². The van der Waals surface area contributed by atoms with E-state index < -0.39 is 0 Å². The van der Waals surface area contributed by atoms with Gasteiger partial charge in [0, 0.05) is 19.0 Å². The van der Waals surface area contributed by atoms with Gasteiger partial charge in [-0.2, -0.15) is 0 Å². The maximum Gasteiger partial charge on any atom is 0.257 e. The Balaban J connectivity index is 1.44. The fraction of sp³-hybridized carbons (Fsp3) is 0.684. The normalized spacial score (nSPS) is 17.9. The number of rotatable bonds is 8. The zero-order valence-corrected chi connectivity index (χ0v) is 15.8. The molecular formula is C19H30N3O4+. The Labute approximate surface area is 154 Å². The molecule has 2 heterocycles. The van der Waals surface area contributed by atoms with Gasteiger partial charge in [0.15, 0.2) is 0 Å².